The summed E-state index contributed by atoms with van der Waals surface area (Å²) in [4.78, 5) is 13.1. The van der Waals surface area contributed by atoms with E-state index in [1.165, 1.54) is 18.5 Å². The number of halogens is 2. The third kappa shape index (κ3) is 5.03. The highest BCUT2D eigenvalue weighted by molar-refractivity contribution is 14.0. The Morgan fingerprint density at radius 3 is 2.34 bits per heavy atom. The molecule has 4 rings (SSSR count). The lowest BCUT2D eigenvalue weighted by Gasteiger charge is -2.36. The average molecular weight is 507 g/mol. The zero-order valence-corrected chi connectivity index (χ0v) is 18.2. The molecule has 1 aliphatic heterocycles. The quantitative estimate of drug-likeness (QED) is 0.334. The van der Waals surface area contributed by atoms with Gasteiger partial charge in [-0.1, -0.05) is 18.2 Å². The standard InChI is InChI=1S/C20H22FN7.HI/c21-16-6-8-17(9-7-16)26-10-12-27(13-11-26)20(22)23-14-19-24-15-25-28(19)18-4-2-1-3-5-18;/h1-9,15H,10-14H2,(H2,22,23);1H. The first-order valence-corrected chi connectivity index (χ1v) is 9.20. The Balaban J connectivity index is 0.00000240. The summed E-state index contributed by atoms with van der Waals surface area (Å²) in [5.41, 5.74) is 8.17. The van der Waals surface area contributed by atoms with Crippen molar-refractivity contribution in [2.75, 3.05) is 31.1 Å². The molecule has 7 nitrogen and oxygen atoms in total. The largest absolute Gasteiger partial charge is 0.370 e. The Hall–Kier alpha value is -2.69. The van der Waals surface area contributed by atoms with Gasteiger partial charge in [-0.2, -0.15) is 5.10 Å². The van der Waals surface area contributed by atoms with E-state index < -0.39 is 0 Å². The second kappa shape index (κ2) is 9.68. The van der Waals surface area contributed by atoms with Crippen molar-refractivity contribution in [2.24, 2.45) is 10.7 Å². The summed E-state index contributed by atoms with van der Waals surface area (Å²) < 4.78 is 14.9. The van der Waals surface area contributed by atoms with E-state index >= 15 is 0 Å². The first-order chi connectivity index (χ1) is 13.7. The Labute approximate surface area is 186 Å². The summed E-state index contributed by atoms with van der Waals surface area (Å²) in [7, 11) is 0. The van der Waals surface area contributed by atoms with Crippen molar-refractivity contribution in [3.63, 3.8) is 0 Å². The molecule has 1 aromatic heterocycles. The molecule has 0 saturated carbocycles. The molecule has 1 fully saturated rings. The SMILES string of the molecule is I.NC(=NCc1ncnn1-c1ccccc1)N1CCN(c2ccc(F)cc2)CC1. The highest BCUT2D eigenvalue weighted by Crippen LogP contribution is 2.17. The van der Waals surface area contributed by atoms with Gasteiger partial charge in [0.1, 0.15) is 18.7 Å². The summed E-state index contributed by atoms with van der Waals surface area (Å²) in [6.07, 6.45) is 1.52. The molecule has 0 spiro atoms. The van der Waals surface area contributed by atoms with Crippen LogP contribution >= 0.6 is 24.0 Å². The molecule has 0 aliphatic carbocycles. The molecule has 0 radical (unpaired) electrons. The number of para-hydroxylation sites is 1. The van der Waals surface area contributed by atoms with Crippen molar-refractivity contribution >= 4 is 35.6 Å². The number of hydrogen-bond acceptors (Lipinski definition) is 4. The van der Waals surface area contributed by atoms with Crippen LogP contribution in [0.5, 0.6) is 0 Å². The predicted octanol–water partition coefficient (Wildman–Crippen LogP) is 2.66. The van der Waals surface area contributed by atoms with Gasteiger partial charge in [-0.15, -0.1) is 24.0 Å². The molecule has 0 bridgehead atoms. The molecular formula is C20H23FIN7. The molecule has 152 valence electrons. The summed E-state index contributed by atoms with van der Waals surface area (Å²) in [6, 6.07) is 16.4. The van der Waals surface area contributed by atoms with Gasteiger partial charge in [-0.3, -0.25) is 0 Å². The number of hydrogen-bond donors (Lipinski definition) is 1. The van der Waals surface area contributed by atoms with E-state index in [0.29, 0.717) is 12.5 Å². The molecule has 1 aliphatic rings. The van der Waals surface area contributed by atoms with Crippen molar-refractivity contribution in [3.05, 3.63) is 72.6 Å². The molecule has 29 heavy (non-hydrogen) atoms. The van der Waals surface area contributed by atoms with Gasteiger partial charge in [-0.05, 0) is 36.4 Å². The van der Waals surface area contributed by atoms with E-state index in [1.54, 1.807) is 16.8 Å². The highest BCUT2D eigenvalue weighted by Gasteiger charge is 2.18. The number of anilines is 1. The minimum Gasteiger partial charge on any atom is -0.370 e. The topological polar surface area (TPSA) is 75.6 Å². The maximum Gasteiger partial charge on any atom is 0.191 e. The predicted molar refractivity (Wildman–Crippen MR) is 122 cm³/mol. The fourth-order valence-electron chi connectivity index (χ4n) is 3.26. The van der Waals surface area contributed by atoms with Gasteiger partial charge in [0.25, 0.3) is 0 Å². The Bertz CT molecular complexity index is 935. The summed E-state index contributed by atoms with van der Waals surface area (Å²) in [5.74, 6) is 1.02. The van der Waals surface area contributed by atoms with E-state index in [9.17, 15) is 4.39 Å². The van der Waals surface area contributed by atoms with Crippen molar-refractivity contribution in [3.8, 4) is 5.69 Å². The smallest absolute Gasteiger partial charge is 0.191 e. The first kappa shape index (κ1) is 21.0. The summed E-state index contributed by atoms with van der Waals surface area (Å²) >= 11 is 0. The minimum absolute atomic E-state index is 0. The van der Waals surface area contributed by atoms with Crippen LogP contribution in [0, 0.1) is 5.82 Å². The summed E-state index contributed by atoms with van der Waals surface area (Å²) in [5, 5.41) is 4.28. The lowest BCUT2D eigenvalue weighted by molar-refractivity contribution is 0.380. The molecule has 0 atom stereocenters. The molecule has 1 saturated heterocycles. The molecular weight excluding hydrogens is 484 g/mol. The highest BCUT2D eigenvalue weighted by atomic mass is 127. The van der Waals surface area contributed by atoms with Crippen LogP contribution in [0.3, 0.4) is 0 Å². The van der Waals surface area contributed by atoms with Gasteiger partial charge < -0.3 is 15.5 Å². The van der Waals surface area contributed by atoms with Gasteiger partial charge in [0.05, 0.1) is 5.69 Å². The van der Waals surface area contributed by atoms with Crippen LogP contribution in [0.4, 0.5) is 10.1 Å². The molecule has 0 unspecified atom stereocenters. The van der Waals surface area contributed by atoms with Crippen LogP contribution in [-0.2, 0) is 6.54 Å². The Morgan fingerprint density at radius 1 is 0.966 bits per heavy atom. The van der Waals surface area contributed by atoms with Crippen LogP contribution in [0.1, 0.15) is 5.82 Å². The lowest BCUT2D eigenvalue weighted by Crippen LogP contribution is -2.51. The van der Waals surface area contributed by atoms with Crippen molar-refractivity contribution in [1.29, 1.82) is 0 Å². The van der Waals surface area contributed by atoms with E-state index in [2.05, 4.69) is 24.9 Å². The fraction of sp³-hybridized carbons (Fsp3) is 0.250. The molecule has 3 aromatic rings. The van der Waals surface area contributed by atoms with E-state index in [1.807, 2.05) is 30.3 Å². The number of benzene rings is 2. The molecule has 2 aromatic carbocycles. The van der Waals surface area contributed by atoms with Crippen LogP contribution in [0.2, 0.25) is 0 Å². The van der Waals surface area contributed by atoms with Crippen LogP contribution in [0.25, 0.3) is 5.69 Å². The molecule has 2 N–H and O–H groups in total. The number of rotatable bonds is 4. The lowest BCUT2D eigenvalue weighted by atomic mass is 10.2. The van der Waals surface area contributed by atoms with Crippen molar-refractivity contribution in [2.45, 2.75) is 6.54 Å². The second-order valence-corrected chi connectivity index (χ2v) is 6.55. The fourth-order valence-corrected chi connectivity index (χ4v) is 3.26. The van der Waals surface area contributed by atoms with Crippen molar-refractivity contribution in [1.82, 2.24) is 19.7 Å². The van der Waals surface area contributed by atoms with Crippen LogP contribution in [-0.4, -0.2) is 51.8 Å². The van der Waals surface area contributed by atoms with Crippen molar-refractivity contribution < 1.29 is 4.39 Å². The zero-order chi connectivity index (χ0) is 19.3. The monoisotopic (exact) mass is 507 g/mol. The summed E-state index contributed by atoms with van der Waals surface area (Å²) in [6.45, 7) is 3.50. The normalized spacial score (nSPS) is 14.6. The van der Waals surface area contributed by atoms with E-state index in [4.69, 9.17) is 5.73 Å². The zero-order valence-electron chi connectivity index (χ0n) is 15.9. The Kier molecular flexibility index (Phi) is 7.02. The number of aliphatic imine (C=N–C) groups is 1. The first-order valence-electron chi connectivity index (χ1n) is 9.20. The number of piperazine rings is 1. The van der Waals surface area contributed by atoms with Gasteiger partial charge in [0.15, 0.2) is 11.8 Å². The van der Waals surface area contributed by atoms with Crippen LogP contribution in [0.15, 0.2) is 65.9 Å². The average Bonchev–Trinajstić information content (AvgIpc) is 3.22. The van der Waals surface area contributed by atoms with E-state index in [-0.39, 0.29) is 29.8 Å². The van der Waals surface area contributed by atoms with Crippen LogP contribution < -0.4 is 10.6 Å². The number of aromatic nitrogens is 3. The third-order valence-corrected chi connectivity index (χ3v) is 4.80. The number of nitrogens with zero attached hydrogens (tertiary/aromatic N) is 6. The maximum absolute atomic E-state index is 13.1. The molecule has 2 heterocycles. The van der Waals surface area contributed by atoms with E-state index in [0.717, 1.165) is 43.4 Å². The number of guanidine groups is 1. The second-order valence-electron chi connectivity index (χ2n) is 6.55. The number of nitrogens with two attached hydrogens (primary N) is 1. The van der Waals surface area contributed by atoms with Gasteiger partial charge in [0.2, 0.25) is 0 Å². The van der Waals surface area contributed by atoms with Gasteiger partial charge >= 0.3 is 0 Å². The molecule has 9 heteroatoms. The third-order valence-electron chi connectivity index (χ3n) is 4.80. The van der Waals surface area contributed by atoms with Gasteiger partial charge in [0, 0.05) is 31.9 Å². The maximum atomic E-state index is 13.1. The van der Waals surface area contributed by atoms with Gasteiger partial charge in [-0.25, -0.2) is 19.0 Å². The Morgan fingerprint density at radius 2 is 1.66 bits per heavy atom. The minimum atomic E-state index is -0.220. The molecule has 0 amide bonds.